The topological polar surface area (TPSA) is 37.3 Å². The lowest BCUT2D eigenvalue weighted by atomic mass is 9.93. The highest BCUT2D eigenvalue weighted by Crippen LogP contribution is 2.24. The Balaban J connectivity index is 1.68. The molecule has 1 N–H and O–H groups in total. The van der Waals surface area contributed by atoms with E-state index in [0.29, 0.717) is 0 Å². The number of carbonyl (C=O) groups excluding carboxylic acids is 1. The molecule has 0 saturated carbocycles. The van der Waals surface area contributed by atoms with Gasteiger partial charge in [0.15, 0.2) is 0 Å². The third kappa shape index (κ3) is 4.18. The first-order chi connectivity index (χ1) is 12.6. The summed E-state index contributed by atoms with van der Waals surface area (Å²) in [6.07, 6.45) is 3.45. The number of nitrogens with zero attached hydrogens (tertiary/aromatic N) is 2. The van der Waals surface area contributed by atoms with Gasteiger partial charge in [0.25, 0.3) is 5.91 Å². The molecule has 140 valence electrons. The lowest BCUT2D eigenvalue weighted by Crippen LogP contribution is -2.39. The smallest absolute Gasteiger partial charge is 0.255 e. The Bertz CT molecular complexity index is 727. The third-order valence-electron chi connectivity index (χ3n) is 5.69. The van der Waals surface area contributed by atoms with Crippen molar-refractivity contribution in [3.8, 4) is 0 Å². The van der Waals surface area contributed by atoms with Gasteiger partial charge in [-0.2, -0.15) is 0 Å². The van der Waals surface area contributed by atoms with Crippen LogP contribution in [0.4, 0.5) is 0 Å². The fourth-order valence-electron chi connectivity index (χ4n) is 3.97. The Kier molecular flexibility index (Phi) is 6.15. The van der Waals surface area contributed by atoms with Crippen molar-refractivity contribution in [2.24, 2.45) is 5.92 Å². The molecule has 1 aromatic carbocycles. The van der Waals surface area contributed by atoms with E-state index in [1.807, 2.05) is 18.0 Å². The Hall–Kier alpha value is -2.07. The molecule has 0 spiro atoms. The Morgan fingerprint density at radius 2 is 1.85 bits per heavy atom. The molecule has 26 heavy (non-hydrogen) atoms. The molecule has 4 heteroatoms. The Morgan fingerprint density at radius 3 is 2.50 bits per heavy atom. The van der Waals surface area contributed by atoms with Crippen molar-refractivity contribution in [1.29, 1.82) is 0 Å². The van der Waals surface area contributed by atoms with Crippen LogP contribution in [0.3, 0.4) is 0 Å². The van der Waals surface area contributed by atoms with Crippen LogP contribution in [0, 0.1) is 19.8 Å². The number of aryl methyl sites for hydroxylation is 1. The van der Waals surface area contributed by atoms with Gasteiger partial charge in [0.2, 0.25) is 0 Å². The summed E-state index contributed by atoms with van der Waals surface area (Å²) in [5.41, 5.74) is 4.36. The molecule has 1 aliphatic rings. The van der Waals surface area contributed by atoms with Crippen molar-refractivity contribution in [3.05, 3.63) is 58.9 Å². The van der Waals surface area contributed by atoms with Gasteiger partial charge in [-0.15, -0.1) is 0 Å². The molecule has 3 rings (SSSR count). The van der Waals surface area contributed by atoms with Crippen molar-refractivity contribution in [2.75, 3.05) is 26.7 Å². The van der Waals surface area contributed by atoms with E-state index < -0.39 is 0 Å². The second kappa shape index (κ2) is 8.54. The average Bonchev–Trinajstić information content (AvgIpc) is 2.95. The van der Waals surface area contributed by atoms with Gasteiger partial charge >= 0.3 is 0 Å². The zero-order valence-corrected chi connectivity index (χ0v) is 16.3. The number of piperidine rings is 1. The van der Waals surface area contributed by atoms with Crippen molar-refractivity contribution >= 4 is 5.91 Å². The quantitative estimate of drug-likeness (QED) is 0.861. The van der Waals surface area contributed by atoms with Crippen molar-refractivity contribution in [1.82, 2.24) is 14.8 Å². The first-order valence-corrected chi connectivity index (χ1v) is 9.74. The third-order valence-corrected chi connectivity index (χ3v) is 5.69. The Labute approximate surface area is 157 Å². The molecule has 1 saturated heterocycles. The van der Waals surface area contributed by atoms with Crippen LogP contribution in [0.5, 0.6) is 0 Å². The number of likely N-dealkylation sites (tertiary alicyclic amines) is 1. The summed E-state index contributed by atoms with van der Waals surface area (Å²) < 4.78 is 2.25. The van der Waals surface area contributed by atoms with Crippen LogP contribution in [0.2, 0.25) is 0 Å². The number of hydrogen-bond acceptors (Lipinski definition) is 2. The van der Waals surface area contributed by atoms with Gasteiger partial charge in [0, 0.05) is 31.0 Å². The molecule has 0 aliphatic carbocycles. The predicted octanol–water partition coefficient (Wildman–Crippen LogP) is 3.61. The van der Waals surface area contributed by atoms with Crippen LogP contribution in [0.25, 0.3) is 0 Å². The lowest BCUT2D eigenvalue weighted by molar-refractivity contribution is 0.0686. The van der Waals surface area contributed by atoms with E-state index in [9.17, 15) is 4.79 Å². The van der Waals surface area contributed by atoms with Gasteiger partial charge in [-0.05, 0) is 64.3 Å². The molecule has 1 aromatic heterocycles. The van der Waals surface area contributed by atoms with E-state index in [2.05, 4.69) is 54.1 Å². The van der Waals surface area contributed by atoms with E-state index in [0.717, 1.165) is 61.9 Å². The monoisotopic (exact) mass is 353 g/mol. The fourth-order valence-corrected chi connectivity index (χ4v) is 3.97. The predicted molar refractivity (Wildman–Crippen MR) is 107 cm³/mol. The fraction of sp³-hybridized carbons (Fsp3) is 0.500. The maximum Gasteiger partial charge on any atom is 0.255 e. The molecule has 0 unspecified atom stereocenters. The van der Waals surface area contributed by atoms with Gasteiger partial charge in [-0.1, -0.05) is 30.3 Å². The molecular weight excluding hydrogens is 322 g/mol. The van der Waals surface area contributed by atoms with Crippen LogP contribution < -0.4 is 5.32 Å². The lowest BCUT2D eigenvalue weighted by Gasteiger charge is -2.32. The van der Waals surface area contributed by atoms with E-state index >= 15 is 0 Å². The summed E-state index contributed by atoms with van der Waals surface area (Å²) in [5.74, 6) is 0.946. The van der Waals surface area contributed by atoms with E-state index in [1.165, 1.54) is 12.0 Å². The summed E-state index contributed by atoms with van der Waals surface area (Å²) in [4.78, 5) is 15.1. The molecule has 4 nitrogen and oxygen atoms in total. The van der Waals surface area contributed by atoms with E-state index in [1.54, 1.807) is 0 Å². The van der Waals surface area contributed by atoms with E-state index in [4.69, 9.17) is 0 Å². The normalized spacial score (nSPS) is 15.4. The van der Waals surface area contributed by atoms with Gasteiger partial charge in [0.1, 0.15) is 0 Å². The minimum atomic E-state index is 0.199. The average molecular weight is 354 g/mol. The Morgan fingerprint density at radius 1 is 1.15 bits per heavy atom. The number of carbonyl (C=O) groups is 1. The molecule has 0 bridgehead atoms. The molecule has 0 radical (unpaired) electrons. The SMILES string of the molecule is CNCCC1CCN(C(=O)c2cc(C)n(Cc3ccccc3)c2C)CC1. The minimum absolute atomic E-state index is 0.199. The highest BCUT2D eigenvalue weighted by Gasteiger charge is 2.26. The van der Waals surface area contributed by atoms with Crippen LogP contribution >= 0.6 is 0 Å². The van der Waals surface area contributed by atoms with Crippen LogP contribution in [0.1, 0.15) is 46.6 Å². The summed E-state index contributed by atoms with van der Waals surface area (Å²) in [5, 5.41) is 3.23. The first kappa shape index (κ1) is 18.7. The molecule has 0 atom stereocenters. The minimum Gasteiger partial charge on any atom is -0.344 e. The number of rotatable bonds is 6. The second-order valence-electron chi connectivity index (χ2n) is 7.48. The van der Waals surface area contributed by atoms with Crippen molar-refractivity contribution < 1.29 is 4.79 Å². The summed E-state index contributed by atoms with van der Waals surface area (Å²) in [6, 6.07) is 12.5. The number of aromatic nitrogens is 1. The van der Waals surface area contributed by atoms with Crippen molar-refractivity contribution in [2.45, 2.75) is 39.7 Å². The number of nitrogens with one attached hydrogen (secondary N) is 1. The standard InChI is InChI=1S/C22H31N3O/c1-17-15-21(18(2)25(17)16-20-7-5-4-6-8-20)22(26)24-13-10-19(11-14-24)9-12-23-3/h4-8,15,19,23H,9-14,16H2,1-3H3. The highest BCUT2D eigenvalue weighted by molar-refractivity contribution is 5.95. The van der Waals surface area contributed by atoms with Crippen LogP contribution in [-0.2, 0) is 6.54 Å². The van der Waals surface area contributed by atoms with Crippen LogP contribution in [0.15, 0.2) is 36.4 Å². The molecule has 1 amide bonds. The zero-order valence-electron chi connectivity index (χ0n) is 16.3. The molecule has 2 heterocycles. The molecular formula is C22H31N3O. The summed E-state index contributed by atoms with van der Waals surface area (Å²) in [7, 11) is 2.00. The van der Waals surface area contributed by atoms with Gasteiger partial charge in [-0.3, -0.25) is 4.79 Å². The molecule has 1 aliphatic heterocycles. The van der Waals surface area contributed by atoms with Gasteiger partial charge in [-0.25, -0.2) is 0 Å². The number of hydrogen-bond donors (Lipinski definition) is 1. The molecule has 1 fully saturated rings. The zero-order chi connectivity index (χ0) is 18.5. The highest BCUT2D eigenvalue weighted by atomic mass is 16.2. The summed E-state index contributed by atoms with van der Waals surface area (Å²) >= 11 is 0. The number of amides is 1. The van der Waals surface area contributed by atoms with Crippen LogP contribution in [-0.4, -0.2) is 42.1 Å². The van der Waals surface area contributed by atoms with Crippen molar-refractivity contribution in [3.63, 3.8) is 0 Å². The molecule has 2 aromatic rings. The van der Waals surface area contributed by atoms with Gasteiger partial charge in [0.05, 0.1) is 5.56 Å². The van der Waals surface area contributed by atoms with Gasteiger partial charge < -0.3 is 14.8 Å². The maximum absolute atomic E-state index is 13.1. The van der Waals surface area contributed by atoms with E-state index in [-0.39, 0.29) is 5.91 Å². The first-order valence-electron chi connectivity index (χ1n) is 9.74. The largest absolute Gasteiger partial charge is 0.344 e. The summed E-state index contributed by atoms with van der Waals surface area (Å²) in [6.45, 7) is 7.82. The number of benzene rings is 1. The maximum atomic E-state index is 13.1. The second-order valence-corrected chi connectivity index (χ2v) is 7.48.